The summed E-state index contributed by atoms with van der Waals surface area (Å²) >= 11 is 0. The van der Waals surface area contributed by atoms with Gasteiger partial charge in [-0.25, -0.2) is 13.2 Å². The number of benzene rings is 3. The van der Waals surface area contributed by atoms with Gasteiger partial charge in [-0.2, -0.15) is 0 Å². The molecule has 0 amide bonds. The lowest BCUT2D eigenvalue weighted by atomic mass is 9.97. The molecule has 1 fully saturated rings. The van der Waals surface area contributed by atoms with Gasteiger partial charge in [0.2, 0.25) is 0 Å². The quantitative estimate of drug-likeness (QED) is 0.239. The zero-order chi connectivity index (χ0) is 26.2. The van der Waals surface area contributed by atoms with Gasteiger partial charge in [0.15, 0.2) is 17.9 Å². The normalized spacial score (nSPS) is 17.8. The van der Waals surface area contributed by atoms with Gasteiger partial charge in [0, 0.05) is 17.0 Å². The molecule has 1 aliphatic rings. The van der Waals surface area contributed by atoms with E-state index >= 15 is 4.39 Å². The first-order valence-electron chi connectivity index (χ1n) is 13.6. The Labute approximate surface area is 218 Å². The smallest absolute Gasteiger partial charge is 0.186 e. The lowest BCUT2D eigenvalue weighted by Gasteiger charge is -2.30. The van der Waals surface area contributed by atoms with Crippen molar-refractivity contribution in [3.8, 4) is 22.3 Å². The van der Waals surface area contributed by atoms with Crippen LogP contribution in [0.1, 0.15) is 76.2 Å². The van der Waals surface area contributed by atoms with Gasteiger partial charge < -0.3 is 9.47 Å². The van der Waals surface area contributed by atoms with Crippen LogP contribution >= 0.6 is 0 Å². The van der Waals surface area contributed by atoms with E-state index < -0.39 is 17.9 Å². The third-order valence-electron chi connectivity index (χ3n) is 7.18. The average Bonchev–Trinajstić information content (AvgIpc) is 2.92. The molecule has 0 unspecified atom stereocenters. The largest absolute Gasteiger partial charge is 0.348 e. The van der Waals surface area contributed by atoms with E-state index in [2.05, 4.69) is 13.8 Å². The molecule has 1 saturated heterocycles. The standard InChI is InChI=1S/C32H37F3O2/c1-3-5-7-9-22-20-36-32(37-21-22)28-18-16-26(19-29(28)33)23-11-13-24(14-12-23)27-17-15-25(10-8-6-4-2)30(34)31(27)35/h11-19,22,32H,3-10,20-21H2,1-2H3. The summed E-state index contributed by atoms with van der Waals surface area (Å²) in [6, 6.07) is 15.4. The van der Waals surface area contributed by atoms with E-state index in [1.807, 2.05) is 6.07 Å². The van der Waals surface area contributed by atoms with E-state index in [0.29, 0.717) is 47.8 Å². The van der Waals surface area contributed by atoms with Gasteiger partial charge in [-0.1, -0.05) is 94.5 Å². The molecule has 2 nitrogen and oxygen atoms in total. The number of halogens is 3. The number of unbranched alkanes of at least 4 members (excludes halogenated alkanes) is 4. The maximum Gasteiger partial charge on any atom is 0.186 e. The molecule has 37 heavy (non-hydrogen) atoms. The Morgan fingerprint density at radius 2 is 1.35 bits per heavy atom. The van der Waals surface area contributed by atoms with Crippen molar-refractivity contribution in [3.63, 3.8) is 0 Å². The van der Waals surface area contributed by atoms with E-state index in [1.54, 1.807) is 42.5 Å². The number of ether oxygens (including phenoxy) is 2. The van der Waals surface area contributed by atoms with Crippen molar-refractivity contribution in [2.24, 2.45) is 5.92 Å². The van der Waals surface area contributed by atoms with E-state index in [4.69, 9.17) is 9.47 Å². The number of aryl methyl sites for hydroxylation is 1. The van der Waals surface area contributed by atoms with E-state index in [1.165, 1.54) is 18.9 Å². The molecular weight excluding hydrogens is 473 g/mol. The Hall–Kier alpha value is -2.63. The van der Waals surface area contributed by atoms with Crippen LogP contribution in [0, 0.1) is 23.4 Å². The fraction of sp³-hybridized carbons (Fsp3) is 0.438. The maximum atomic E-state index is 15.0. The van der Waals surface area contributed by atoms with Crippen molar-refractivity contribution in [2.75, 3.05) is 13.2 Å². The molecule has 0 aliphatic carbocycles. The van der Waals surface area contributed by atoms with Crippen molar-refractivity contribution >= 4 is 0 Å². The first kappa shape index (κ1) is 27.4. The molecule has 0 radical (unpaired) electrons. The molecule has 0 bridgehead atoms. The van der Waals surface area contributed by atoms with Crippen molar-refractivity contribution in [1.29, 1.82) is 0 Å². The molecule has 1 aliphatic heterocycles. The van der Waals surface area contributed by atoms with Crippen molar-refractivity contribution in [1.82, 2.24) is 0 Å². The highest BCUT2D eigenvalue weighted by molar-refractivity contribution is 5.71. The summed E-state index contributed by atoms with van der Waals surface area (Å²) in [6.45, 7) is 5.41. The average molecular weight is 511 g/mol. The summed E-state index contributed by atoms with van der Waals surface area (Å²) < 4.78 is 56.1. The van der Waals surface area contributed by atoms with Gasteiger partial charge in [0.05, 0.1) is 13.2 Å². The summed E-state index contributed by atoms with van der Waals surface area (Å²) in [5.41, 5.74) is 3.09. The maximum absolute atomic E-state index is 15.0. The van der Waals surface area contributed by atoms with Gasteiger partial charge in [0.1, 0.15) is 5.82 Å². The zero-order valence-corrected chi connectivity index (χ0v) is 21.9. The topological polar surface area (TPSA) is 18.5 Å². The van der Waals surface area contributed by atoms with E-state index in [9.17, 15) is 8.78 Å². The Balaban J connectivity index is 1.42. The van der Waals surface area contributed by atoms with Crippen LogP contribution in [-0.2, 0) is 15.9 Å². The molecule has 1 heterocycles. The predicted octanol–water partition coefficient (Wildman–Crippen LogP) is 9.41. The highest BCUT2D eigenvalue weighted by Gasteiger charge is 2.25. The number of hydrogen-bond acceptors (Lipinski definition) is 2. The fourth-order valence-corrected chi connectivity index (χ4v) is 4.88. The molecule has 3 aromatic rings. The Kier molecular flexibility index (Phi) is 9.81. The highest BCUT2D eigenvalue weighted by Crippen LogP contribution is 2.33. The molecule has 0 spiro atoms. The summed E-state index contributed by atoms with van der Waals surface area (Å²) in [4.78, 5) is 0. The predicted molar refractivity (Wildman–Crippen MR) is 143 cm³/mol. The van der Waals surface area contributed by atoms with E-state index in [0.717, 1.165) is 37.7 Å². The first-order valence-corrected chi connectivity index (χ1v) is 13.6. The summed E-state index contributed by atoms with van der Waals surface area (Å²) in [6.07, 6.45) is 7.32. The Bertz CT molecular complexity index is 1150. The monoisotopic (exact) mass is 510 g/mol. The number of rotatable bonds is 11. The second kappa shape index (κ2) is 13.3. The van der Waals surface area contributed by atoms with Crippen LogP contribution in [0.15, 0.2) is 54.6 Å². The molecule has 0 saturated carbocycles. The third kappa shape index (κ3) is 6.82. The molecule has 3 aromatic carbocycles. The Morgan fingerprint density at radius 1 is 0.703 bits per heavy atom. The van der Waals surface area contributed by atoms with Crippen LogP contribution in [0.4, 0.5) is 13.2 Å². The number of hydrogen-bond donors (Lipinski definition) is 0. The van der Waals surface area contributed by atoms with Gasteiger partial charge in [-0.05, 0) is 47.6 Å². The SMILES string of the molecule is CCCCCc1ccc(-c2ccc(-c3ccc(C4OCC(CCCCC)CO4)c(F)c3)cc2)c(F)c1F. The zero-order valence-electron chi connectivity index (χ0n) is 21.9. The minimum atomic E-state index is -0.822. The van der Waals surface area contributed by atoms with Crippen molar-refractivity contribution in [2.45, 2.75) is 71.5 Å². The fourth-order valence-electron chi connectivity index (χ4n) is 4.88. The molecule has 0 aromatic heterocycles. The van der Waals surface area contributed by atoms with Gasteiger partial charge in [-0.3, -0.25) is 0 Å². The van der Waals surface area contributed by atoms with Crippen LogP contribution in [0.5, 0.6) is 0 Å². The Morgan fingerprint density at radius 3 is 2.03 bits per heavy atom. The van der Waals surface area contributed by atoms with E-state index in [-0.39, 0.29) is 11.4 Å². The van der Waals surface area contributed by atoms with Gasteiger partial charge in [-0.15, -0.1) is 0 Å². The molecule has 0 atom stereocenters. The molecule has 0 N–H and O–H groups in total. The van der Waals surface area contributed by atoms with Gasteiger partial charge in [0.25, 0.3) is 0 Å². The molecule has 4 rings (SSSR count). The summed E-state index contributed by atoms with van der Waals surface area (Å²) in [7, 11) is 0. The van der Waals surface area contributed by atoms with Crippen molar-refractivity contribution < 1.29 is 22.6 Å². The van der Waals surface area contributed by atoms with Crippen LogP contribution < -0.4 is 0 Å². The molecular formula is C32H37F3O2. The van der Waals surface area contributed by atoms with Crippen LogP contribution in [0.2, 0.25) is 0 Å². The first-order chi connectivity index (χ1) is 18.0. The lowest BCUT2D eigenvalue weighted by molar-refractivity contribution is -0.207. The third-order valence-corrected chi connectivity index (χ3v) is 7.18. The second-order valence-electron chi connectivity index (χ2n) is 10.0. The second-order valence-corrected chi connectivity index (χ2v) is 10.0. The summed E-state index contributed by atoms with van der Waals surface area (Å²) in [5, 5.41) is 0. The van der Waals surface area contributed by atoms with Crippen LogP contribution in [0.3, 0.4) is 0 Å². The highest BCUT2D eigenvalue weighted by atomic mass is 19.2. The molecule has 198 valence electrons. The van der Waals surface area contributed by atoms with Crippen LogP contribution in [-0.4, -0.2) is 13.2 Å². The summed E-state index contributed by atoms with van der Waals surface area (Å²) in [5.74, 6) is -1.62. The van der Waals surface area contributed by atoms with Gasteiger partial charge >= 0.3 is 0 Å². The minimum Gasteiger partial charge on any atom is -0.348 e. The van der Waals surface area contributed by atoms with Crippen molar-refractivity contribution in [3.05, 3.63) is 83.2 Å². The lowest BCUT2D eigenvalue weighted by Crippen LogP contribution is -2.27. The minimum absolute atomic E-state index is 0.226. The van der Waals surface area contributed by atoms with Crippen LogP contribution in [0.25, 0.3) is 22.3 Å². The molecule has 5 heteroatoms.